The Morgan fingerprint density at radius 3 is 2.24 bits per heavy atom. The van der Waals surface area contributed by atoms with Crippen molar-refractivity contribution in [2.45, 2.75) is 50.4 Å². The molecule has 0 aliphatic heterocycles. The van der Waals surface area contributed by atoms with Gasteiger partial charge in [-0.15, -0.1) is 11.3 Å². The molecule has 0 amide bonds. The molecule has 0 unspecified atom stereocenters. The van der Waals surface area contributed by atoms with E-state index in [2.05, 4.69) is 24.3 Å². The molecule has 1 aliphatic rings. The minimum absolute atomic E-state index is 0.174. The van der Waals surface area contributed by atoms with E-state index < -0.39 is 42.7 Å². The van der Waals surface area contributed by atoms with Crippen LogP contribution in [0.3, 0.4) is 0 Å². The number of aliphatic hydroxyl groups is 4. The second-order valence-corrected chi connectivity index (χ2v) is 10.1. The highest BCUT2D eigenvalue weighted by Gasteiger charge is 2.60. The number of alkyl halides is 2. The summed E-state index contributed by atoms with van der Waals surface area (Å²) in [7, 11) is 0. The van der Waals surface area contributed by atoms with Crippen molar-refractivity contribution in [2.24, 2.45) is 5.92 Å². The van der Waals surface area contributed by atoms with Gasteiger partial charge in [0.05, 0.1) is 30.7 Å². The molecule has 0 radical (unpaired) electrons. The number of thiophene rings is 1. The zero-order valence-corrected chi connectivity index (χ0v) is 19.3. The first kappa shape index (κ1) is 24.0. The molecule has 4 nitrogen and oxygen atoms in total. The van der Waals surface area contributed by atoms with Crippen molar-refractivity contribution in [1.82, 2.24) is 0 Å². The predicted molar refractivity (Wildman–Crippen MR) is 125 cm³/mol. The summed E-state index contributed by atoms with van der Waals surface area (Å²) in [4.78, 5) is 2.20. The van der Waals surface area contributed by atoms with E-state index in [-0.39, 0.29) is 5.56 Å². The average molecular weight is 475 g/mol. The molecule has 0 spiro atoms. The SMILES string of the molecule is Cc1ccc(-c2ccc(Cc3cc([C@H]4[C@H](O)[C@@H](O)[C@H](O)[C@@H](CO)C4(F)F)ccc3C)s2)cc1. The van der Waals surface area contributed by atoms with Crippen LogP contribution in [-0.4, -0.2) is 51.3 Å². The van der Waals surface area contributed by atoms with Crippen LogP contribution in [0.1, 0.15) is 33.0 Å². The van der Waals surface area contributed by atoms with Gasteiger partial charge in [-0.1, -0.05) is 48.0 Å². The monoisotopic (exact) mass is 474 g/mol. The molecule has 5 atom stereocenters. The Kier molecular flexibility index (Phi) is 6.71. The summed E-state index contributed by atoms with van der Waals surface area (Å²) in [5.74, 6) is -7.19. The van der Waals surface area contributed by atoms with Crippen LogP contribution in [0.5, 0.6) is 0 Å². The largest absolute Gasteiger partial charge is 0.396 e. The van der Waals surface area contributed by atoms with E-state index in [0.717, 1.165) is 26.4 Å². The van der Waals surface area contributed by atoms with Gasteiger partial charge < -0.3 is 20.4 Å². The third-order valence-electron chi connectivity index (χ3n) is 6.65. The van der Waals surface area contributed by atoms with Crippen LogP contribution in [0.4, 0.5) is 8.78 Å². The lowest BCUT2D eigenvalue weighted by molar-refractivity contribution is -0.232. The lowest BCUT2D eigenvalue weighted by atomic mass is 9.70. The fourth-order valence-corrected chi connectivity index (χ4v) is 5.62. The van der Waals surface area contributed by atoms with Gasteiger partial charge in [-0.3, -0.25) is 0 Å². The van der Waals surface area contributed by atoms with Crippen LogP contribution in [-0.2, 0) is 6.42 Å². The molecule has 1 fully saturated rings. The van der Waals surface area contributed by atoms with Crippen LogP contribution < -0.4 is 0 Å². The maximum atomic E-state index is 15.2. The number of hydrogen-bond donors (Lipinski definition) is 4. The van der Waals surface area contributed by atoms with E-state index in [1.54, 1.807) is 23.5 Å². The molecule has 7 heteroatoms. The smallest absolute Gasteiger partial charge is 0.264 e. The number of aliphatic hydroxyl groups excluding tert-OH is 4. The van der Waals surface area contributed by atoms with Gasteiger partial charge in [-0.2, -0.15) is 0 Å². The predicted octanol–water partition coefficient (Wildman–Crippen LogP) is 4.05. The lowest BCUT2D eigenvalue weighted by Gasteiger charge is -2.45. The van der Waals surface area contributed by atoms with Crippen LogP contribution in [0.2, 0.25) is 0 Å². The van der Waals surface area contributed by atoms with Gasteiger partial charge in [0.15, 0.2) is 0 Å². The Labute approximate surface area is 195 Å². The van der Waals surface area contributed by atoms with E-state index in [9.17, 15) is 20.4 Å². The first-order valence-corrected chi connectivity index (χ1v) is 11.7. The summed E-state index contributed by atoms with van der Waals surface area (Å²) in [6.45, 7) is 2.94. The second-order valence-electron chi connectivity index (χ2n) is 8.91. The van der Waals surface area contributed by atoms with Crippen molar-refractivity contribution in [3.8, 4) is 10.4 Å². The van der Waals surface area contributed by atoms with Gasteiger partial charge in [-0.25, -0.2) is 8.78 Å². The fourth-order valence-electron chi connectivity index (χ4n) is 4.58. The van der Waals surface area contributed by atoms with E-state index in [1.165, 1.54) is 11.6 Å². The Balaban J connectivity index is 1.64. The third kappa shape index (κ3) is 4.48. The molecular weight excluding hydrogens is 446 g/mol. The standard InChI is InChI=1S/C26H28F2O4S/c1-14-3-6-16(7-4-14)21-10-9-19(33-21)12-18-11-17(8-5-15(18)2)22-24(31)25(32)23(30)20(13-29)26(22,27)28/h3-11,20,22-25,29-32H,12-13H2,1-2H3/t20-,22+,23-,24+,25+/m1/s1. The number of benzene rings is 2. The van der Waals surface area contributed by atoms with E-state index >= 15 is 8.78 Å². The molecule has 1 heterocycles. The zero-order valence-electron chi connectivity index (χ0n) is 18.5. The van der Waals surface area contributed by atoms with Gasteiger partial charge in [0.2, 0.25) is 0 Å². The molecule has 1 aliphatic carbocycles. The van der Waals surface area contributed by atoms with Crippen molar-refractivity contribution >= 4 is 11.3 Å². The minimum atomic E-state index is -3.60. The molecule has 33 heavy (non-hydrogen) atoms. The molecule has 3 aromatic rings. The van der Waals surface area contributed by atoms with Crippen LogP contribution in [0, 0.1) is 19.8 Å². The van der Waals surface area contributed by atoms with Gasteiger partial charge in [-0.05, 0) is 48.2 Å². The number of halogens is 2. The highest BCUT2D eigenvalue weighted by molar-refractivity contribution is 7.15. The Morgan fingerprint density at radius 2 is 1.58 bits per heavy atom. The lowest BCUT2D eigenvalue weighted by Crippen LogP contribution is -2.61. The third-order valence-corrected chi connectivity index (χ3v) is 7.79. The Hall–Kier alpha value is -2.16. The number of aryl methyl sites for hydroxylation is 2. The first-order valence-electron chi connectivity index (χ1n) is 10.9. The summed E-state index contributed by atoms with van der Waals surface area (Å²) in [6.07, 6.45) is -5.00. The zero-order chi connectivity index (χ0) is 23.9. The molecule has 2 aromatic carbocycles. The minimum Gasteiger partial charge on any atom is -0.396 e. The van der Waals surface area contributed by atoms with Crippen molar-refractivity contribution in [3.05, 3.63) is 81.7 Å². The molecule has 0 saturated heterocycles. The van der Waals surface area contributed by atoms with Gasteiger partial charge in [0.25, 0.3) is 5.92 Å². The quantitative estimate of drug-likeness (QED) is 0.450. The molecular formula is C26H28F2O4S. The van der Waals surface area contributed by atoms with Crippen molar-refractivity contribution in [2.75, 3.05) is 6.61 Å². The summed E-state index contributed by atoms with van der Waals surface area (Å²) in [5, 5.41) is 40.0. The van der Waals surface area contributed by atoms with E-state index in [4.69, 9.17) is 0 Å². The van der Waals surface area contributed by atoms with Crippen LogP contribution in [0.15, 0.2) is 54.6 Å². The average Bonchev–Trinajstić information content (AvgIpc) is 3.23. The summed E-state index contributed by atoms with van der Waals surface area (Å²) >= 11 is 1.64. The molecule has 176 valence electrons. The van der Waals surface area contributed by atoms with Gasteiger partial charge in [0.1, 0.15) is 6.10 Å². The number of rotatable bonds is 5. The normalized spacial score (nSPS) is 27.0. The van der Waals surface area contributed by atoms with E-state index in [0.29, 0.717) is 6.42 Å². The van der Waals surface area contributed by atoms with Crippen LogP contribution in [0.25, 0.3) is 10.4 Å². The highest BCUT2D eigenvalue weighted by atomic mass is 32.1. The first-order chi connectivity index (χ1) is 15.6. The maximum Gasteiger partial charge on any atom is 0.264 e. The Morgan fingerprint density at radius 1 is 0.879 bits per heavy atom. The summed E-state index contributed by atoms with van der Waals surface area (Å²) < 4.78 is 30.4. The van der Waals surface area contributed by atoms with Gasteiger partial charge in [0, 0.05) is 16.2 Å². The van der Waals surface area contributed by atoms with Crippen LogP contribution >= 0.6 is 11.3 Å². The fraction of sp³-hybridized carbons (Fsp3) is 0.385. The Bertz CT molecular complexity index is 1110. The molecule has 4 rings (SSSR count). The van der Waals surface area contributed by atoms with Gasteiger partial charge >= 0.3 is 0 Å². The highest BCUT2D eigenvalue weighted by Crippen LogP contribution is 2.48. The topological polar surface area (TPSA) is 80.9 Å². The maximum absolute atomic E-state index is 15.2. The summed E-state index contributed by atoms with van der Waals surface area (Å²) in [5.41, 5.74) is 4.25. The van der Waals surface area contributed by atoms with E-state index in [1.807, 2.05) is 26.0 Å². The number of hydrogen-bond acceptors (Lipinski definition) is 5. The van der Waals surface area contributed by atoms with Crippen molar-refractivity contribution < 1.29 is 29.2 Å². The van der Waals surface area contributed by atoms with Crippen molar-refractivity contribution in [3.63, 3.8) is 0 Å². The van der Waals surface area contributed by atoms with Crippen molar-refractivity contribution in [1.29, 1.82) is 0 Å². The summed E-state index contributed by atoms with van der Waals surface area (Å²) in [6, 6.07) is 17.2. The molecule has 1 saturated carbocycles. The molecule has 4 N–H and O–H groups in total. The molecule has 1 aromatic heterocycles. The second kappa shape index (κ2) is 9.24. The molecule has 0 bridgehead atoms.